The predicted molar refractivity (Wildman–Crippen MR) is 110 cm³/mol. The van der Waals surface area contributed by atoms with Crippen molar-refractivity contribution in [2.75, 3.05) is 0 Å². The molecule has 0 saturated heterocycles. The summed E-state index contributed by atoms with van der Waals surface area (Å²) < 4.78 is 36.1. The second-order valence-electron chi connectivity index (χ2n) is 7.20. The van der Waals surface area contributed by atoms with Gasteiger partial charge < -0.3 is 4.42 Å². The van der Waals surface area contributed by atoms with E-state index in [2.05, 4.69) is 15.9 Å². The third kappa shape index (κ3) is 2.68. The summed E-state index contributed by atoms with van der Waals surface area (Å²) in [6.45, 7) is 0. The summed E-state index contributed by atoms with van der Waals surface area (Å²) in [6, 6.07) is 10.3. The van der Waals surface area contributed by atoms with E-state index < -0.39 is 22.6 Å². The van der Waals surface area contributed by atoms with Gasteiger partial charge >= 0.3 is 0 Å². The van der Waals surface area contributed by atoms with Crippen LogP contribution in [0.4, 0.5) is 8.78 Å². The van der Waals surface area contributed by atoms with Crippen LogP contribution in [0, 0.1) is 11.6 Å². The highest BCUT2D eigenvalue weighted by Gasteiger charge is 2.28. The van der Waals surface area contributed by atoms with Gasteiger partial charge in [-0.2, -0.15) is 0 Å². The molecule has 29 heavy (non-hydrogen) atoms. The average Bonchev–Trinajstić information content (AvgIpc) is 2.64. The Hall–Kier alpha value is -2.80. The van der Waals surface area contributed by atoms with E-state index in [0.29, 0.717) is 15.7 Å². The van der Waals surface area contributed by atoms with Crippen molar-refractivity contribution in [3.05, 3.63) is 84.8 Å². The van der Waals surface area contributed by atoms with Crippen LogP contribution in [0.2, 0.25) is 0 Å². The molecule has 5 rings (SSSR count). The quantitative estimate of drug-likeness (QED) is 0.378. The summed E-state index contributed by atoms with van der Waals surface area (Å²) in [5, 5.41) is 0.0639. The highest BCUT2D eigenvalue weighted by atomic mass is 79.9. The first-order valence-corrected chi connectivity index (χ1v) is 10.0. The lowest BCUT2D eigenvalue weighted by Crippen LogP contribution is -2.29. The standard InChI is InChI=1S/C22H14BrF2NO3/c23-13-7-2-6-12-20(27)18-17(29-21(12)13)10-16(11-4-1-5-11)26(22(18)28)15-9-3-8-14(24)19(15)25/h2-3,6-11H,1,4-5H2. The van der Waals surface area contributed by atoms with Gasteiger partial charge in [0.1, 0.15) is 11.0 Å². The molecule has 1 aliphatic carbocycles. The zero-order chi connectivity index (χ0) is 20.3. The number of para-hydroxylation sites is 1. The van der Waals surface area contributed by atoms with E-state index in [1.807, 2.05) is 0 Å². The Labute approximate surface area is 171 Å². The monoisotopic (exact) mass is 457 g/mol. The molecule has 4 nitrogen and oxygen atoms in total. The van der Waals surface area contributed by atoms with Crippen molar-refractivity contribution in [2.45, 2.75) is 25.2 Å². The number of pyridine rings is 1. The Morgan fingerprint density at radius 2 is 1.83 bits per heavy atom. The molecule has 4 aromatic rings. The summed E-state index contributed by atoms with van der Waals surface area (Å²) in [5.74, 6) is -2.17. The Kier molecular flexibility index (Phi) is 4.17. The van der Waals surface area contributed by atoms with Crippen LogP contribution in [0.15, 0.2) is 60.9 Å². The van der Waals surface area contributed by atoms with Crippen LogP contribution in [0.5, 0.6) is 0 Å². The van der Waals surface area contributed by atoms with Gasteiger partial charge in [0.2, 0.25) is 5.43 Å². The maximum absolute atomic E-state index is 14.6. The molecule has 0 amide bonds. The first-order valence-electron chi connectivity index (χ1n) is 9.22. The van der Waals surface area contributed by atoms with Crippen molar-refractivity contribution in [1.29, 1.82) is 0 Å². The summed E-state index contributed by atoms with van der Waals surface area (Å²) in [6.07, 6.45) is 2.63. The second kappa shape index (κ2) is 6.62. The normalized spacial score (nSPS) is 14.4. The fraction of sp³-hybridized carbons (Fsp3) is 0.182. The van der Waals surface area contributed by atoms with Gasteiger partial charge in [-0.25, -0.2) is 8.78 Å². The molecule has 7 heteroatoms. The maximum atomic E-state index is 14.6. The van der Waals surface area contributed by atoms with E-state index >= 15 is 0 Å². The largest absolute Gasteiger partial charge is 0.454 e. The fourth-order valence-electron chi connectivity index (χ4n) is 3.85. The Bertz CT molecular complexity index is 1420. The molecule has 0 N–H and O–H groups in total. The Balaban J connectivity index is 1.96. The zero-order valence-electron chi connectivity index (χ0n) is 15.0. The number of rotatable bonds is 2. The SMILES string of the molecule is O=c1c2cccc(Br)c2oc2cc(C3CCC3)n(-c3cccc(F)c3F)c(=O)c12. The first kappa shape index (κ1) is 18.2. The summed E-state index contributed by atoms with van der Waals surface area (Å²) >= 11 is 3.37. The van der Waals surface area contributed by atoms with Crippen LogP contribution >= 0.6 is 15.9 Å². The summed E-state index contributed by atoms with van der Waals surface area (Å²) in [7, 11) is 0. The fourth-order valence-corrected chi connectivity index (χ4v) is 4.30. The minimum Gasteiger partial charge on any atom is -0.454 e. The van der Waals surface area contributed by atoms with E-state index in [1.54, 1.807) is 24.3 Å². The summed E-state index contributed by atoms with van der Waals surface area (Å²) in [5.41, 5.74) is -0.392. The van der Waals surface area contributed by atoms with Gasteiger partial charge in [-0.1, -0.05) is 18.6 Å². The minimum absolute atomic E-state index is 0.00924. The molecule has 0 radical (unpaired) electrons. The van der Waals surface area contributed by atoms with Gasteiger partial charge in [-0.15, -0.1) is 0 Å². The lowest BCUT2D eigenvalue weighted by molar-refractivity contribution is 0.402. The van der Waals surface area contributed by atoms with E-state index in [9.17, 15) is 18.4 Å². The number of hydrogen-bond acceptors (Lipinski definition) is 3. The lowest BCUT2D eigenvalue weighted by atomic mass is 9.82. The van der Waals surface area contributed by atoms with Crippen LogP contribution < -0.4 is 11.0 Å². The highest BCUT2D eigenvalue weighted by Crippen LogP contribution is 2.38. The van der Waals surface area contributed by atoms with Crippen LogP contribution in [0.1, 0.15) is 30.9 Å². The number of aromatic nitrogens is 1. The number of nitrogens with zero attached hydrogens (tertiary/aromatic N) is 1. The van der Waals surface area contributed by atoms with E-state index in [4.69, 9.17) is 4.42 Å². The van der Waals surface area contributed by atoms with Crippen molar-refractivity contribution in [2.24, 2.45) is 0 Å². The molecule has 1 aliphatic rings. The molecule has 0 aliphatic heterocycles. The van der Waals surface area contributed by atoms with Crippen LogP contribution in [0.3, 0.4) is 0 Å². The molecule has 1 fully saturated rings. The summed E-state index contributed by atoms with van der Waals surface area (Å²) in [4.78, 5) is 26.5. The van der Waals surface area contributed by atoms with Crippen molar-refractivity contribution in [3.63, 3.8) is 0 Å². The van der Waals surface area contributed by atoms with Crippen molar-refractivity contribution < 1.29 is 13.2 Å². The van der Waals surface area contributed by atoms with Crippen molar-refractivity contribution in [1.82, 2.24) is 4.57 Å². The van der Waals surface area contributed by atoms with Gasteiger partial charge in [-0.05, 0) is 59.0 Å². The van der Waals surface area contributed by atoms with Gasteiger partial charge in [-0.3, -0.25) is 14.2 Å². The molecule has 0 spiro atoms. The third-order valence-electron chi connectivity index (χ3n) is 5.55. The molecule has 2 aromatic carbocycles. The zero-order valence-corrected chi connectivity index (χ0v) is 16.6. The van der Waals surface area contributed by atoms with Crippen LogP contribution in [-0.4, -0.2) is 4.57 Å². The van der Waals surface area contributed by atoms with E-state index in [1.165, 1.54) is 12.1 Å². The smallest absolute Gasteiger partial charge is 0.270 e. The lowest BCUT2D eigenvalue weighted by Gasteiger charge is -2.28. The molecule has 0 unspecified atom stereocenters. The predicted octanol–water partition coefficient (Wildman–Crippen LogP) is 5.41. The molecule has 2 heterocycles. The maximum Gasteiger partial charge on any atom is 0.270 e. The molecular weight excluding hydrogens is 444 g/mol. The third-order valence-corrected chi connectivity index (χ3v) is 6.17. The first-order chi connectivity index (χ1) is 14.0. The average molecular weight is 458 g/mol. The highest BCUT2D eigenvalue weighted by molar-refractivity contribution is 9.10. The van der Waals surface area contributed by atoms with Crippen molar-refractivity contribution >= 4 is 37.9 Å². The molecular formula is C22H14BrF2NO3. The van der Waals surface area contributed by atoms with E-state index in [-0.39, 0.29) is 28.0 Å². The molecule has 0 bridgehead atoms. The van der Waals surface area contributed by atoms with E-state index in [0.717, 1.165) is 29.9 Å². The Morgan fingerprint density at radius 1 is 1.07 bits per heavy atom. The minimum atomic E-state index is -1.12. The van der Waals surface area contributed by atoms with Gasteiger partial charge in [0.15, 0.2) is 17.2 Å². The number of hydrogen-bond donors (Lipinski definition) is 0. The molecule has 2 aromatic heterocycles. The number of benzene rings is 2. The van der Waals surface area contributed by atoms with Crippen LogP contribution in [0.25, 0.3) is 27.6 Å². The van der Waals surface area contributed by atoms with Crippen molar-refractivity contribution in [3.8, 4) is 5.69 Å². The molecule has 146 valence electrons. The number of halogens is 3. The molecule has 1 saturated carbocycles. The van der Waals surface area contributed by atoms with Crippen LogP contribution in [-0.2, 0) is 0 Å². The van der Waals surface area contributed by atoms with Gasteiger partial charge in [0.25, 0.3) is 5.56 Å². The topological polar surface area (TPSA) is 52.2 Å². The second-order valence-corrected chi connectivity index (χ2v) is 8.05. The molecule has 0 atom stereocenters. The Morgan fingerprint density at radius 3 is 2.55 bits per heavy atom. The van der Waals surface area contributed by atoms with Gasteiger partial charge in [0, 0.05) is 11.8 Å². The van der Waals surface area contributed by atoms with Gasteiger partial charge in [0.05, 0.1) is 15.5 Å². The number of fused-ring (bicyclic) bond motifs is 2.